The van der Waals surface area contributed by atoms with Crippen molar-refractivity contribution in [1.29, 1.82) is 0 Å². The maximum Gasteiger partial charge on any atom is 0.329 e. The number of hydrogen-bond donors (Lipinski definition) is 2. The van der Waals surface area contributed by atoms with E-state index in [1.165, 1.54) is 4.90 Å². The quantitative estimate of drug-likeness (QED) is 0.662. The molecule has 3 amide bonds. The second-order valence-corrected chi connectivity index (χ2v) is 3.51. The zero-order chi connectivity index (χ0) is 13.3. The minimum Gasteiger partial charge on any atom is -0.480 e. The van der Waals surface area contributed by atoms with Crippen LogP contribution in [0.2, 0.25) is 0 Å². The fourth-order valence-electron chi connectivity index (χ4n) is 0.979. The first-order valence-electron chi connectivity index (χ1n) is 5.31. The Morgan fingerprint density at radius 3 is 2.47 bits per heavy atom. The van der Waals surface area contributed by atoms with Crippen molar-refractivity contribution in [2.75, 3.05) is 26.8 Å². The van der Waals surface area contributed by atoms with Crippen LogP contribution in [0.4, 0.5) is 4.79 Å². The summed E-state index contributed by atoms with van der Waals surface area (Å²) in [5.41, 5.74) is 0. The first-order chi connectivity index (χ1) is 7.97. The third-order valence-corrected chi connectivity index (χ3v) is 1.90. The Bertz CT molecular complexity index is 280. The lowest BCUT2D eigenvalue weighted by molar-refractivity contribution is -0.143. The topological polar surface area (TPSA) is 95.9 Å². The van der Waals surface area contributed by atoms with Gasteiger partial charge in [0.1, 0.15) is 13.2 Å². The van der Waals surface area contributed by atoms with Gasteiger partial charge >= 0.3 is 12.0 Å². The van der Waals surface area contributed by atoms with Crippen LogP contribution in [-0.4, -0.2) is 54.7 Å². The molecule has 0 aliphatic carbocycles. The number of carboxylic acids is 1. The lowest BCUT2D eigenvalue weighted by Gasteiger charge is -2.16. The predicted molar refractivity (Wildman–Crippen MR) is 59.5 cm³/mol. The van der Waals surface area contributed by atoms with Gasteiger partial charge in [-0.2, -0.15) is 0 Å². The molecule has 0 heterocycles. The van der Waals surface area contributed by atoms with Crippen molar-refractivity contribution in [3.63, 3.8) is 0 Å². The van der Waals surface area contributed by atoms with Gasteiger partial charge < -0.3 is 14.7 Å². The predicted octanol–water partition coefficient (Wildman–Crippen LogP) is 0.0557. The van der Waals surface area contributed by atoms with Crippen LogP contribution in [-0.2, 0) is 14.3 Å². The van der Waals surface area contributed by atoms with Crippen LogP contribution in [0.3, 0.4) is 0 Å². The van der Waals surface area contributed by atoms with Crippen molar-refractivity contribution in [3.8, 4) is 0 Å². The van der Waals surface area contributed by atoms with Crippen LogP contribution in [0.1, 0.15) is 19.8 Å². The SMILES string of the molecule is CCCCN(C)C(=O)NC(=O)COCC(=O)O. The summed E-state index contributed by atoms with van der Waals surface area (Å²) >= 11 is 0. The molecule has 7 heteroatoms. The summed E-state index contributed by atoms with van der Waals surface area (Å²) in [6.07, 6.45) is 1.81. The third kappa shape index (κ3) is 8.21. The van der Waals surface area contributed by atoms with E-state index in [1.54, 1.807) is 7.05 Å². The second-order valence-electron chi connectivity index (χ2n) is 3.51. The number of hydrogen-bond acceptors (Lipinski definition) is 4. The van der Waals surface area contributed by atoms with E-state index in [-0.39, 0.29) is 0 Å². The third-order valence-electron chi connectivity index (χ3n) is 1.90. The lowest BCUT2D eigenvalue weighted by Crippen LogP contribution is -2.42. The number of amides is 3. The molecule has 0 aromatic carbocycles. The van der Waals surface area contributed by atoms with E-state index in [9.17, 15) is 14.4 Å². The number of imide groups is 1. The Morgan fingerprint density at radius 1 is 1.29 bits per heavy atom. The molecule has 0 fully saturated rings. The van der Waals surface area contributed by atoms with Crippen LogP contribution >= 0.6 is 0 Å². The van der Waals surface area contributed by atoms with Gasteiger partial charge in [-0.05, 0) is 6.42 Å². The van der Waals surface area contributed by atoms with Gasteiger partial charge in [-0.3, -0.25) is 10.1 Å². The maximum absolute atomic E-state index is 11.4. The molecule has 0 aliphatic heterocycles. The second kappa shape index (κ2) is 8.51. The smallest absolute Gasteiger partial charge is 0.329 e. The van der Waals surface area contributed by atoms with Gasteiger partial charge in [-0.1, -0.05) is 13.3 Å². The standard InChI is InChI=1S/C10H18N2O5/c1-3-4-5-12(2)10(16)11-8(13)6-17-7-9(14)15/h3-7H2,1-2H3,(H,14,15)(H,11,13,16). The van der Waals surface area contributed by atoms with Crippen molar-refractivity contribution in [2.45, 2.75) is 19.8 Å². The van der Waals surface area contributed by atoms with Gasteiger partial charge in [0, 0.05) is 13.6 Å². The van der Waals surface area contributed by atoms with Crippen LogP contribution < -0.4 is 5.32 Å². The molecule has 0 rings (SSSR count). The summed E-state index contributed by atoms with van der Waals surface area (Å²) in [5.74, 6) is -1.82. The zero-order valence-electron chi connectivity index (χ0n) is 10.1. The summed E-state index contributed by atoms with van der Waals surface area (Å²) in [7, 11) is 1.58. The van der Waals surface area contributed by atoms with E-state index < -0.39 is 31.1 Å². The highest BCUT2D eigenvalue weighted by Crippen LogP contribution is 1.92. The summed E-state index contributed by atoms with van der Waals surface area (Å²) in [6, 6.07) is -0.512. The summed E-state index contributed by atoms with van der Waals surface area (Å²) in [5, 5.41) is 10.4. The lowest BCUT2D eigenvalue weighted by atomic mass is 10.3. The highest BCUT2D eigenvalue weighted by molar-refractivity contribution is 5.94. The van der Waals surface area contributed by atoms with E-state index in [0.29, 0.717) is 6.54 Å². The van der Waals surface area contributed by atoms with Crippen molar-refractivity contribution >= 4 is 17.9 Å². The summed E-state index contributed by atoms with van der Waals surface area (Å²) in [6.45, 7) is 1.55. The minimum atomic E-state index is -1.16. The minimum absolute atomic E-state index is 0.445. The molecule has 0 bridgehead atoms. The molecule has 0 saturated heterocycles. The largest absolute Gasteiger partial charge is 0.480 e. The molecule has 0 spiro atoms. The van der Waals surface area contributed by atoms with Crippen LogP contribution in [0.5, 0.6) is 0 Å². The fourth-order valence-corrected chi connectivity index (χ4v) is 0.979. The molecular weight excluding hydrogens is 228 g/mol. The van der Waals surface area contributed by atoms with E-state index in [2.05, 4.69) is 10.1 Å². The van der Waals surface area contributed by atoms with Gasteiger partial charge in [0.15, 0.2) is 0 Å². The van der Waals surface area contributed by atoms with E-state index >= 15 is 0 Å². The van der Waals surface area contributed by atoms with Crippen LogP contribution in [0, 0.1) is 0 Å². The summed E-state index contributed by atoms with van der Waals surface area (Å²) < 4.78 is 4.54. The van der Waals surface area contributed by atoms with Gasteiger partial charge in [0.25, 0.3) is 5.91 Å². The molecule has 0 aromatic rings. The average Bonchev–Trinajstić information content (AvgIpc) is 2.25. The molecule has 0 aromatic heterocycles. The summed E-state index contributed by atoms with van der Waals surface area (Å²) in [4.78, 5) is 34.0. The Labute approximate surface area is 99.7 Å². The Hall–Kier alpha value is -1.63. The molecule has 0 atom stereocenters. The average molecular weight is 246 g/mol. The number of unbranched alkanes of at least 4 members (excludes halogenated alkanes) is 1. The van der Waals surface area contributed by atoms with Gasteiger partial charge in [0.2, 0.25) is 0 Å². The fraction of sp³-hybridized carbons (Fsp3) is 0.700. The number of ether oxygens (including phenoxy) is 1. The number of nitrogens with one attached hydrogen (secondary N) is 1. The Kier molecular flexibility index (Phi) is 7.70. The van der Waals surface area contributed by atoms with Gasteiger partial charge in [-0.15, -0.1) is 0 Å². The Morgan fingerprint density at radius 2 is 1.94 bits per heavy atom. The van der Waals surface area contributed by atoms with Crippen molar-refractivity contribution in [1.82, 2.24) is 10.2 Å². The molecule has 0 aliphatic rings. The molecular formula is C10H18N2O5. The highest BCUT2D eigenvalue weighted by atomic mass is 16.5. The molecule has 98 valence electrons. The molecule has 7 nitrogen and oxygen atoms in total. The number of carbonyl (C=O) groups is 3. The van der Waals surface area contributed by atoms with E-state index in [0.717, 1.165) is 12.8 Å². The maximum atomic E-state index is 11.4. The van der Waals surface area contributed by atoms with E-state index in [4.69, 9.17) is 5.11 Å². The molecule has 0 saturated carbocycles. The van der Waals surface area contributed by atoms with Crippen molar-refractivity contribution in [3.05, 3.63) is 0 Å². The number of rotatable bonds is 7. The van der Waals surface area contributed by atoms with E-state index in [1.807, 2.05) is 6.92 Å². The van der Waals surface area contributed by atoms with Crippen molar-refractivity contribution < 1.29 is 24.2 Å². The normalized spacial score (nSPS) is 9.76. The zero-order valence-corrected chi connectivity index (χ0v) is 10.1. The van der Waals surface area contributed by atoms with Crippen LogP contribution in [0.15, 0.2) is 0 Å². The number of aliphatic carboxylic acids is 1. The molecule has 0 radical (unpaired) electrons. The first-order valence-corrected chi connectivity index (χ1v) is 5.31. The first kappa shape index (κ1) is 15.4. The molecule has 17 heavy (non-hydrogen) atoms. The van der Waals surface area contributed by atoms with Crippen LogP contribution in [0.25, 0.3) is 0 Å². The van der Waals surface area contributed by atoms with Gasteiger partial charge in [-0.25, -0.2) is 9.59 Å². The highest BCUT2D eigenvalue weighted by Gasteiger charge is 2.12. The van der Waals surface area contributed by atoms with Gasteiger partial charge in [0.05, 0.1) is 0 Å². The molecule has 0 unspecified atom stereocenters. The monoisotopic (exact) mass is 246 g/mol. The number of nitrogens with zero attached hydrogens (tertiary/aromatic N) is 1. The van der Waals surface area contributed by atoms with Crippen molar-refractivity contribution in [2.24, 2.45) is 0 Å². The Balaban J connectivity index is 3.79. The number of carboxylic acid groups (broad SMARTS) is 1. The number of carbonyl (C=O) groups excluding carboxylic acids is 2. The number of urea groups is 1. The molecule has 2 N–H and O–H groups in total.